The predicted octanol–water partition coefficient (Wildman–Crippen LogP) is 4.01. The van der Waals surface area contributed by atoms with Crippen LogP contribution in [0.2, 0.25) is 0 Å². The van der Waals surface area contributed by atoms with Crippen molar-refractivity contribution in [3.63, 3.8) is 0 Å². The fourth-order valence-electron chi connectivity index (χ4n) is 4.66. The molecule has 3 nitrogen and oxygen atoms in total. The largest absolute Gasteiger partial charge is 0.483 e. The van der Waals surface area contributed by atoms with E-state index in [2.05, 4.69) is 32.2 Å². The fraction of sp³-hybridized carbons (Fsp3) is 0.650. The van der Waals surface area contributed by atoms with E-state index in [1.54, 1.807) is 0 Å². The lowest BCUT2D eigenvalue weighted by molar-refractivity contribution is -0.124. The SMILES string of the molecule is Cc1ccc(C)c(OCC(=O)N[C@H]2C[C@@H]3CC[C@]2(C)C3(C)C)c1. The van der Waals surface area contributed by atoms with Crippen molar-refractivity contribution in [3.05, 3.63) is 29.3 Å². The number of hydrogen-bond donors (Lipinski definition) is 1. The number of aryl methyl sites for hydroxylation is 2. The molecule has 1 aromatic carbocycles. The standard InChI is InChI=1S/C20H29NO2/c1-13-6-7-14(2)16(10-13)23-12-18(22)21-17-11-15-8-9-20(17,5)19(15,3)4/h6-7,10,15,17H,8-9,11-12H2,1-5H3,(H,21,22)/t15-,17-,20-/m0/s1. The highest BCUT2D eigenvalue weighted by molar-refractivity contribution is 5.78. The summed E-state index contributed by atoms with van der Waals surface area (Å²) in [7, 11) is 0. The van der Waals surface area contributed by atoms with Crippen LogP contribution >= 0.6 is 0 Å². The van der Waals surface area contributed by atoms with Gasteiger partial charge < -0.3 is 10.1 Å². The molecule has 3 rings (SSSR count). The molecule has 2 aliphatic rings. The predicted molar refractivity (Wildman–Crippen MR) is 92.6 cm³/mol. The van der Waals surface area contributed by atoms with E-state index in [4.69, 9.17) is 4.74 Å². The Labute approximate surface area is 139 Å². The first-order valence-corrected chi connectivity index (χ1v) is 8.73. The second-order valence-corrected chi connectivity index (χ2v) is 8.29. The molecule has 2 aliphatic carbocycles. The number of benzene rings is 1. The Morgan fingerprint density at radius 2 is 2.04 bits per heavy atom. The second-order valence-electron chi connectivity index (χ2n) is 8.29. The van der Waals surface area contributed by atoms with Gasteiger partial charge in [-0.25, -0.2) is 0 Å². The van der Waals surface area contributed by atoms with Crippen LogP contribution in [0.25, 0.3) is 0 Å². The smallest absolute Gasteiger partial charge is 0.258 e. The van der Waals surface area contributed by atoms with Crippen molar-refractivity contribution in [3.8, 4) is 5.75 Å². The molecule has 126 valence electrons. The molecule has 2 bridgehead atoms. The van der Waals surface area contributed by atoms with Crippen molar-refractivity contribution in [2.75, 3.05) is 6.61 Å². The topological polar surface area (TPSA) is 38.3 Å². The van der Waals surface area contributed by atoms with Crippen LogP contribution in [0.1, 0.15) is 51.2 Å². The molecule has 23 heavy (non-hydrogen) atoms. The van der Waals surface area contributed by atoms with E-state index in [0.717, 1.165) is 29.2 Å². The molecule has 0 aliphatic heterocycles. The molecule has 0 saturated heterocycles. The molecule has 2 saturated carbocycles. The maximum absolute atomic E-state index is 12.4. The zero-order chi connectivity index (χ0) is 16.8. The third-order valence-electron chi connectivity index (χ3n) is 6.83. The third kappa shape index (κ3) is 2.64. The van der Waals surface area contributed by atoms with Gasteiger partial charge in [-0.15, -0.1) is 0 Å². The summed E-state index contributed by atoms with van der Waals surface area (Å²) in [6.07, 6.45) is 3.63. The van der Waals surface area contributed by atoms with Gasteiger partial charge in [0.15, 0.2) is 6.61 Å². The van der Waals surface area contributed by atoms with Gasteiger partial charge in [0.2, 0.25) is 0 Å². The molecule has 0 radical (unpaired) electrons. The first-order valence-electron chi connectivity index (χ1n) is 8.73. The number of carbonyl (C=O) groups excluding carboxylic acids is 1. The molecule has 3 heteroatoms. The normalized spacial score (nSPS) is 31.2. The molecule has 0 heterocycles. The summed E-state index contributed by atoms with van der Waals surface area (Å²) in [4.78, 5) is 12.4. The van der Waals surface area contributed by atoms with E-state index in [1.807, 2.05) is 26.0 Å². The lowest BCUT2D eigenvalue weighted by Crippen LogP contribution is -2.48. The van der Waals surface area contributed by atoms with Gasteiger partial charge in [0.1, 0.15) is 5.75 Å². The van der Waals surface area contributed by atoms with E-state index in [0.29, 0.717) is 5.41 Å². The summed E-state index contributed by atoms with van der Waals surface area (Å²) < 4.78 is 5.74. The zero-order valence-corrected chi connectivity index (χ0v) is 15.0. The number of fused-ring (bicyclic) bond motifs is 2. The van der Waals surface area contributed by atoms with E-state index in [-0.39, 0.29) is 24.0 Å². The first-order chi connectivity index (χ1) is 10.7. The number of carbonyl (C=O) groups is 1. The molecule has 1 N–H and O–H groups in total. The van der Waals surface area contributed by atoms with Gasteiger partial charge in [0, 0.05) is 6.04 Å². The Bertz CT molecular complexity index is 622. The number of nitrogens with one attached hydrogen (secondary N) is 1. The van der Waals surface area contributed by atoms with E-state index in [1.165, 1.54) is 12.8 Å². The molecular formula is C20H29NO2. The van der Waals surface area contributed by atoms with Crippen molar-refractivity contribution in [2.45, 2.75) is 59.9 Å². The van der Waals surface area contributed by atoms with Crippen LogP contribution in [0.3, 0.4) is 0 Å². The van der Waals surface area contributed by atoms with Crippen molar-refractivity contribution < 1.29 is 9.53 Å². The van der Waals surface area contributed by atoms with Crippen LogP contribution in [-0.4, -0.2) is 18.6 Å². The Balaban J connectivity index is 1.60. The van der Waals surface area contributed by atoms with E-state index in [9.17, 15) is 4.79 Å². The first kappa shape index (κ1) is 16.4. The summed E-state index contributed by atoms with van der Waals surface area (Å²) in [5.74, 6) is 1.54. The number of rotatable bonds is 4. The summed E-state index contributed by atoms with van der Waals surface area (Å²) in [5.41, 5.74) is 2.75. The molecule has 0 aromatic heterocycles. The number of ether oxygens (including phenoxy) is 1. The van der Waals surface area contributed by atoms with Gasteiger partial charge in [-0.05, 0) is 67.1 Å². The van der Waals surface area contributed by atoms with Crippen LogP contribution in [0.15, 0.2) is 18.2 Å². The van der Waals surface area contributed by atoms with Gasteiger partial charge in [-0.3, -0.25) is 4.79 Å². The number of hydrogen-bond acceptors (Lipinski definition) is 2. The minimum absolute atomic E-state index is 0.000445. The molecule has 0 spiro atoms. The maximum Gasteiger partial charge on any atom is 0.258 e. The fourth-order valence-corrected chi connectivity index (χ4v) is 4.66. The summed E-state index contributed by atoms with van der Waals surface area (Å²) in [6.45, 7) is 11.2. The Kier molecular flexibility index (Phi) is 3.94. The zero-order valence-electron chi connectivity index (χ0n) is 15.0. The quantitative estimate of drug-likeness (QED) is 0.911. The highest BCUT2D eigenvalue weighted by atomic mass is 16.5. The molecule has 1 aromatic rings. The Morgan fingerprint density at radius 3 is 2.65 bits per heavy atom. The number of amides is 1. The van der Waals surface area contributed by atoms with Gasteiger partial charge in [0.25, 0.3) is 5.91 Å². The average molecular weight is 315 g/mol. The van der Waals surface area contributed by atoms with Gasteiger partial charge in [0.05, 0.1) is 0 Å². The van der Waals surface area contributed by atoms with Crippen molar-refractivity contribution in [2.24, 2.45) is 16.7 Å². The summed E-state index contributed by atoms with van der Waals surface area (Å²) in [5, 5.41) is 3.25. The minimum Gasteiger partial charge on any atom is -0.483 e. The van der Waals surface area contributed by atoms with Crippen molar-refractivity contribution in [1.29, 1.82) is 0 Å². The van der Waals surface area contributed by atoms with Crippen molar-refractivity contribution >= 4 is 5.91 Å². The third-order valence-corrected chi connectivity index (χ3v) is 6.83. The van der Waals surface area contributed by atoms with Gasteiger partial charge in [-0.1, -0.05) is 32.9 Å². The average Bonchev–Trinajstić information content (AvgIpc) is 2.81. The van der Waals surface area contributed by atoms with Crippen LogP contribution in [0, 0.1) is 30.6 Å². The molecule has 3 atom stereocenters. The Hall–Kier alpha value is -1.51. The van der Waals surface area contributed by atoms with Gasteiger partial charge >= 0.3 is 0 Å². The van der Waals surface area contributed by atoms with Crippen LogP contribution in [0.4, 0.5) is 0 Å². The lowest BCUT2D eigenvalue weighted by atomic mass is 9.69. The van der Waals surface area contributed by atoms with E-state index < -0.39 is 0 Å². The molecular weight excluding hydrogens is 286 g/mol. The molecule has 2 fully saturated rings. The molecule has 0 unspecified atom stereocenters. The van der Waals surface area contributed by atoms with Crippen molar-refractivity contribution in [1.82, 2.24) is 5.32 Å². The second kappa shape index (κ2) is 5.54. The highest BCUT2D eigenvalue weighted by Gasteiger charge is 2.61. The summed E-state index contributed by atoms with van der Waals surface area (Å²) >= 11 is 0. The van der Waals surface area contributed by atoms with Crippen LogP contribution in [0.5, 0.6) is 5.75 Å². The Morgan fingerprint density at radius 1 is 1.30 bits per heavy atom. The lowest BCUT2D eigenvalue weighted by Gasteiger charge is -2.39. The highest BCUT2D eigenvalue weighted by Crippen LogP contribution is 2.65. The monoisotopic (exact) mass is 315 g/mol. The van der Waals surface area contributed by atoms with Crippen LogP contribution in [-0.2, 0) is 4.79 Å². The van der Waals surface area contributed by atoms with Crippen LogP contribution < -0.4 is 10.1 Å². The van der Waals surface area contributed by atoms with E-state index >= 15 is 0 Å². The molecule has 1 amide bonds. The summed E-state index contributed by atoms with van der Waals surface area (Å²) in [6, 6.07) is 6.36. The van der Waals surface area contributed by atoms with Gasteiger partial charge in [-0.2, -0.15) is 0 Å². The maximum atomic E-state index is 12.4. The minimum atomic E-state index is 0.000445.